The van der Waals surface area contributed by atoms with Gasteiger partial charge in [0.2, 0.25) is 5.71 Å². The molecule has 6 nitrogen and oxygen atoms in total. The fourth-order valence-electron chi connectivity index (χ4n) is 9.44. The Labute approximate surface area is 367 Å². The van der Waals surface area contributed by atoms with Gasteiger partial charge in [-0.15, -0.1) is 0 Å². The molecular formula is C58H35N5O. The Balaban J connectivity index is 0.975. The predicted octanol–water partition coefficient (Wildman–Crippen LogP) is 14.9. The number of furan rings is 1. The summed E-state index contributed by atoms with van der Waals surface area (Å²) in [6, 6.07) is 72.6. The van der Waals surface area contributed by atoms with Crippen LogP contribution in [-0.2, 0) is 0 Å². The lowest BCUT2D eigenvalue weighted by molar-refractivity contribution is 0.654. The van der Waals surface area contributed by atoms with Crippen molar-refractivity contribution in [1.82, 2.24) is 24.5 Å². The average molecular weight is 818 g/mol. The van der Waals surface area contributed by atoms with Crippen LogP contribution < -0.4 is 0 Å². The van der Waals surface area contributed by atoms with Gasteiger partial charge in [0, 0.05) is 50.1 Å². The second-order valence-electron chi connectivity index (χ2n) is 16.2. The predicted molar refractivity (Wildman–Crippen MR) is 261 cm³/mol. The summed E-state index contributed by atoms with van der Waals surface area (Å²) in [7, 11) is 0. The summed E-state index contributed by atoms with van der Waals surface area (Å²) in [5.41, 5.74) is 12.0. The monoisotopic (exact) mass is 817 g/mol. The van der Waals surface area contributed by atoms with Crippen molar-refractivity contribution in [2.24, 2.45) is 0 Å². The van der Waals surface area contributed by atoms with Crippen molar-refractivity contribution >= 4 is 65.4 Å². The number of rotatable bonds is 6. The third-order valence-corrected chi connectivity index (χ3v) is 12.5. The van der Waals surface area contributed by atoms with E-state index in [9.17, 15) is 0 Å². The van der Waals surface area contributed by atoms with Crippen LogP contribution in [0.3, 0.4) is 0 Å². The van der Waals surface area contributed by atoms with Crippen molar-refractivity contribution in [3.05, 3.63) is 212 Å². The van der Waals surface area contributed by atoms with Crippen molar-refractivity contribution in [3.63, 3.8) is 0 Å². The van der Waals surface area contributed by atoms with Crippen LogP contribution in [0.4, 0.5) is 0 Å². The lowest BCUT2D eigenvalue weighted by Gasteiger charge is -2.12. The lowest BCUT2D eigenvalue weighted by atomic mass is 9.99. The second-order valence-corrected chi connectivity index (χ2v) is 16.2. The van der Waals surface area contributed by atoms with Crippen molar-refractivity contribution in [3.8, 4) is 62.1 Å². The Hall–Kier alpha value is -8.74. The van der Waals surface area contributed by atoms with Crippen molar-refractivity contribution in [2.45, 2.75) is 0 Å². The molecule has 0 unspecified atom stereocenters. The smallest absolute Gasteiger partial charge is 0.227 e. The first-order chi connectivity index (χ1) is 31.7. The van der Waals surface area contributed by atoms with Crippen LogP contribution in [0.15, 0.2) is 217 Å². The highest BCUT2D eigenvalue weighted by atomic mass is 16.3. The molecule has 0 aliphatic rings. The summed E-state index contributed by atoms with van der Waals surface area (Å²) in [6.45, 7) is 0. The van der Waals surface area contributed by atoms with Crippen LogP contribution in [0, 0.1) is 0 Å². The normalized spacial score (nSPS) is 11.8. The lowest BCUT2D eigenvalue weighted by Crippen LogP contribution is -2.01. The summed E-state index contributed by atoms with van der Waals surface area (Å²) < 4.78 is 8.58. The Kier molecular flexibility index (Phi) is 8.11. The topological polar surface area (TPSA) is 69.6 Å². The van der Waals surface area contributed by atoms with Crippen LogP contribution in [0.5, 0.6) is 0 Å². The van der Waals surface area contributed by atoms with Gasteiger partial charge in [0.15, 0.2) is 17.5 Å². The number of para-hydroxylation sites is 1. The molecule has 0 aliphatic heterocycles. The van der Waals surface area contributed by atoms with Gasteiger partial charge in [-0.1, -0.05) is 152 Å². The molecule has 13 aromatic rings. The molecule has 13 rings (SSSR count). The fourth-order valence-corrected chi connectivity index (χ4v) is 9.44. The van der Waals surface area contributed by atoms with E-state index in [4.69, 9.17) is 19.4 Å². The van der Waals surface area contributed by atoms with Crippen LogP contribution in [-0.4, -0.2) is 24.5 Å². The fraction of sp³-hybridized carbons (Fsp3) is 0. The van der Waals surface area contributed by atoms with Gasteiger partial charge in [0.25, 0.3) is 0 Å². The SMILES string of the molecule is c1ccc(-c2ccc(-c3ccc4c(c3)c3ccccc3n4-c3cccc(-c4nc(-c5ccc6ccc7ccccc7c6c5)nc(-c5cccc6oc7ncccc7c56)n4)c3)cc2)cc1. The molecule has 0 atom stereocenters. The first-order valence-electron chi connectivity index (χ1n) is 21.4. The zero-order chi connectivity index (χ0) is 42.1. The van der Waals surface area contributed by atoms with Gasteiger partial charge in [-0.05, 0) is 98.4 Å². The third-order valence-electron chi connectivity index (χ3n) is 12.5. The quantitative estimate of drug-likeness (QED) is 0.156. The van der Waals surface area contributed by atoms with Gasteiger partial charge >= 0.3 is 0 Å². The van der Waals surface area contributed by atoms with Crippen LogP contribution in [0.1, 0.15) is 0 Å². The summed E-state index contributed by atoms with van der Waals surface area (Å²) in [5.74, 6) is 1.72. The van der Waals surface area contributed by atoms with Crippen LogP contribution in [0.25, 0.3) is 128 Å². The molecule has 4 aromatic heterocycles. The molecular weight excluding hydrogens is 783 g/mol. The molecule has 298 valence electrons. The molecule has 0 amide bonds. The minimum atomic E-state index is 0.557. The molecule has 0 bridgehead atoms. The first-order valence-corrected chi connectivity index (χ1v) is 21.4. The number of pyridine rings is 1. The van der Waals surface area contributed by atoms with Crippen LogP contribution >= 0.6 is 0 Å². The molecule has 0 radical (unpaired) electrons. The molecule has 9 aromatic carbocycles. The standard InChI is InChI=1S/C58H35N5O/c1-2-11-36(12-3-1)37-22-24-38(25-23-37)41-30-31-52-50(34-41)46-17-6-7-20-51(46)63(52)44-15-8-14-42(33-44)55-60-56(43-29-28-40-27-26-39-13-4-5-16-45(39)49(40)35-43)62-57(61-55)47-18-9-21-53-54(47)48-19-10-32-59-58(48)64-53/h1-35H. The number of hydrogen-bond acceptors (Lipinski definition) is 5. The van der Waals surface area contributed by atoms with E-state index in [1.165, 1.54) is 43.8 Å². The maximum Gasteiger partial charge on any atom is 0.227 e. The number of benzene rings is 9. The maximum absolute atomic E-state index is 6.23. The minimum absolute atomic E-state index is 0.557. The van der Waals surface area contributed by atoms with Gasteiger partial charge < -0.3 is 8.98 Å². The van der Waals surface area contributed by atoms with Gasteiger partial charge in [0.05, 0.1) is 11.0 Å². The van der Waals surface area contributed by atoms with Gasteiger partial charge in [-0.3, -0.25) is 0 Å². The first kappa shape index (κ1) is 36.0. The highest BCUT2D eigenvalue weighted by molar-refractivity contribution is 6.12. The number of fused-ring (bicyclic) bond motifs is 9. The Morgan fingerprint density at radius 3 is 1.81 bits per heavy atom. The van der Waals surface area contributed by atoms with E-state index < -0.39 is 0 Å². The summed E-state index contributed by atoms with van der Waals surface area (Å²) in [6.07, 6.45) is 1.75. The second kappa shape index (κ2) is 14.4. The summed E-state index contributed by atoms with van der Waals surface area (Å²) >= 11 is 0. The Bertz CT molecular complexity index is 3960. The van der Waals surface area contributed by atoms with E-state index >= 15 is 0 Å². The highest BCUT2D eigenvalue weighted by Crippen LogP contribution is 2.39. The number of aromatic nitrogens is 5. The van der Waals surface area contributed by atoms with E-state index in [2.05, 4.69) is 192 Å². The van der Waals surface area contributed by atoms with Gasteiger partial charge in [-0.2, -0.15) is 0 Å². The summed E-state index contributed by atoms with van der Waals surface area (Å²) in [4.78, 5) is 20.3. The molecule has 6 heteroatoms. The van der Waals surface area contributed by atoms with Gasteiger partial charge in [-0.25, -0.2) is 19.9 Å². The molecule has 64 heavy (non-hydrogen) atoms. The largest absolute Gasteiger partial charge is 0.438 e. The van der Waals surface area contributed by atoms with E-state index in [1.54, 1.807) is 6.20 Å². The Morgan fingerprint density at radius 2 is 0.953 bits per heavy atom. The highest BCUT2D eigenvalue weighted by Gasteiger charge is 2.20. The Morgan fingerprint density at radius 1 is 0.359 bits per heavy atom. The zero-order valence-electron chi connectivity index (χ0n) is 34.4. The molecule has 0 saturated heterocycles. The van der Waals surface area contributed by atoms with Crippen molar-refractivity contribution in [2.75, 3.05) is 0 Å². The molecule has 4 heterocycles. The van der Waals surface area contributed by atoms with E-state index in [0.29, 0.717) is 23.2 Å². The molecule has 0 fully saturated rings. The number of nitrogens with zero attached hydrogens (tertiary/aromatic N) is 5. The van der Waals surface area contributed by atoms with E-state index in [0.717, 1.165) is 60.5 Å². The van der Waals surface area contributed by atoms with Crippen LogP contribution in [0.2, 0.25) is 0 Å². The van der Waals surface area contributed by atoms with Crippen molar-refractivity contribution < 1.29 is 4.42 Å². The summed E-state index contributed by atoms with van der Waals surface area (Å²) in [5, 5.41) is 8.89. The average Bonchev–Trinajstić information content (AvgIpc) is 3.92. The molecule has 0 saturated carbocycles. The van der Waals surface area contributed by atoms with Gasteiger partial charge in [0.1, 0.15) is 5.58 Å². The minimum Gasteiger partial charge on any atom is -0.438 e. The maximum atomic E-state index is 6.23. The zero-order valence-corrected chi connectivity index (χ0v) is 34.4. The third kappa shape index (κ3) is 5.88. The molecule has 0 spiro atoms. The van der Waals surface area contributed by atoms with Crippen molar-refractivity contribution in [1.29, 1.82) is 0 Å². The van der Waals surface area contributed by atoms with E-state index in [1.807, 2.05) is 24.3 Å². The number of hydrogen-bond donors (Lipinski definition) is 0. The molecule has 0 aliphatic carbocycles. The molecule has 0 N–H and O–H groups in total. The van der Waals surface area contributed by atoms with E-state index in [-0.39, 0.29) is 0 Å².